The van der Waals surface area contributed by atoms with Gasteiger partial charge in [-0.05, 0) is 63.3 Å². The number of furan rings is 1. The van der Waals surface area contributed by atoms with Crippen LogP contribution in [0.4, 0.5) is 0 Å². The molecule has 1 unspecified atom stereocenters. The van der Waals surface area contributed by atoms with Crippen molar-refractivity contribution in [1.82, 2.24) is 5.32 Å². The van der Waals surface area contributed by atoms with Gasteiger partial charge in [-0.1, -0.05) is 20.8 Å². The van der Waals surface area contributed by atoms with Crippen molar-refractivity contribution in [2.75, 3.05) is 0 Å². The summed E-state index contributed by atoms with van der Waals surface area (Å²) in [5, 5.41) is 22.9. The first-order valence-corrected chi connectivity index (χ1v) is 9.50. The lowest BCUT2D eigenvalue weighted by Crippen LogP contribution is -2.55. The van der Waals surface area contributed by atoms with Crippen LogP contribution in [0.15, 0.2) is 25.5 Å². The fourth-order valence-corrected chi connectivity index (χ4v) is 4.60. The maximum Gasteiger partial charge on any atom is 0.309 e. The van der Waals surface area contributed by atoms with Crippen LogP contribution in [-0.4, -0.2) is 27.6 Å². The zero-order valence-electron chi connectivity index (χ0n) is 15.1. The Morgan fingerprint density at radius 2 is 1.73 bits per heavy atom. The van der Waals surface area contributed by atoms with Gasteiger partial charge in [0.25, 0.3) is 5.91 Å². The summed E-state index contributed by atoms with van der Waals surface area (Å²) in [7, 11) is 0. The van der Waals surface area contributed by atoms with Crippen LogP contribution in [0.25, 0.3) is 11.0 Å². The summed E-state index contributed by atoms with van der Waals surface area (Å²) in [5.74, 6) is -2.28. The van der Waals surface area contributed by atoms with E-state index in [-0.39, 0.29) is 11.5 Å². The van der Waals surface area contributed by atoms with E-state index >= 15 is 0 Å². The molecule has 0 aliphatic rings. The van der Waals surface area contributed by atoms with Crippen LogP contribution in [0.2, 0.25) is 0 Å². The summed E-state index contributed by atoms with van der Waals surface area (Å²) in [6.07, 6.45) is 0. The number of aromatic hydroxyl groups is 1. The molecule has 0 saturated heterocycles. The number of nitrogens with one attached hydrogen (secondary N) is 1. The van der Waals surface area contributed by atoms with E-state index in [9.17, 15) is 19.8 Å². The van der Waals surface area contributed by atoms with Gasteiger partial charge in [0, 0.05) is 10.9 Å². The number of aliphatic carboxylic acids is 1. The average molecular weight is 491 g/mol. The van der Waals surface area contributed by atoms with Crippen LogP contribution in [0, 0.1) is 11.3 Å². The molecule has 3 N–H and O–H groups in total. The van der Waals surface area contributed by atoms with Crippen LogP contribution in [-0.2, 0) is 4.79 Å². The van der Waals surface area contributed by atoms with E-state index < -0.39 is 28.7 Å². The molecule has 0 bridgehead atoms. The molecule has 0 spiro atoms. The van der Waals surface area contributed by atoms with Crippen molar-refractivity contribution in [3.63, 3.8) is 0 Å². The first kappa shape index (κ1) is 20.8. The molecule has 0 saturated carbocycles. The molecule has 142 valence electrons. The molecular formula is C18H21Br2NO5. The van der Waals surface area contributed by atoms with Crippen LogP contribution in [0.5, 0.6) is 5.75 Å². The van der Waals surface area contributed by atoms with Gasteiger partial charge in [-0.3, -0.25) is 9.59 Å². The van der Waals surface area contributed by atoms with Crippen LogP contribution < -0.4 is 5.32 Å². The van der Waals surface area contributed by atoms with E-state index in [1.54, 1.807) is 19.9 Å². The van der Waals surface area contributed by atoms with Crippen molar-refractivity contribution >= 4 is 54.7 Å². The number of hydrogen-bond donors (Lipinski definition) is 3. The molecule has 1 amide bonds. The monoisotopic (exact) mass is 489 g/mol. The zero-order chi connectivity index (χ0) is 20.0. The molecule has 1 heterocycles. The number of rotatable bonds is 4. The SMILES string of the molecule is CC(C)(C)C(C(=O)O)C(C)(C)NC(=O)c1cc2c(Br)c(O)c(Br)cc2o1. The Balaban J connectivity index is 2.39. The Morgan fingerprint density at radius 1 is 1.15 bits per heavy atom. The average Bonchev–Trinajstić information content (AvgIpc) is 2.85. The number of phenols is 1. The maximum atomic E-state index is 12.7. The second-order valence-corrected chi connectivity index (χ2v) is 9.50. The van der Waals surface area contributed by atoms with Crippen LogP contribution in [0.3, 0.4) is 0 Å². The van der Waals surface area contributed by atoms with E-state index in [0.717, 1.165) is 0 Å². The van der Waals surface area contributed by atoms with Gasteiger partial charge in [0.15, 0.2) is 5.76 Å². The Bertz CT molecular complexity index is 880. The third-order valence-corrected chi connectivity index (χ3v) is 5.59. The molecule has 2 aromatic rings. The van der Waals surface area contributed by atoms with Gasteiger partial charge in [0.2, 0.25) is 0 Å². The Kier molecular flexibility index (Phi) is 5.50. The maximum absolute atomic E-state index is 12.7. The lowest BCUT2D eigenvalue weighted by molar-refractivity contribution is -0.148. The first-order chi connectivity index (χ1) is 11.8. The van der Waals surface area contributed by atoms with E-state index in [1.807, 2.05) is 20.8 Å². The lowest BCUT2D eigenvalue weighted by atomic mass is 9.70. The summed E-state index contributed by atoms with van der Waals surface area (Å²) in [5.41, 5.74) is -1.16. The second kappa shape index (κ2) is 6.88. The predicted octanol–water partition coefficient (Wildman–Crippen LogP) is 4.92. The molecule has 0 aliphatic heterocycles. The van der Waals surface area contributed by atoms with Crippen molar-refractivity contribution in [2.24, 2.45) is 11.3 Å². The molecule has 8 heteroatoms. The second-order valence-electron chi connectivity index (χ2n) is 7.86. The normalized spacial score (nSPS) is 13.7. The minimum atomic E-state index is -1.01. The predicted molar refractivity (Wildman–Crippen MR) is 105 cm³/mol. The van der Waals surface area contributed by atoms with E-state index in [2.05, 4.69) is 37.2 Å². The van der Waals surface area contributed by atoms with Crippen molar-refractivity contribution in [2.45, 2.75) is 40.2 Å². The quantitative estimate of drug-likeness (QED) is 0.564. The highest BCUT2D eigenvalue weighted by Gasteiger charge is 2.44. The van der Waals surface area contributed by atoms with Gasteiger partial charge in [-0.25, -0.2) is 0 Å². The number of carbonyl (C=O) groups excluding carboxylic acids is 1. The molecule has 6 nitrogen and oxygen atoms in total. The van der Waals surface area contributed by atoms with Crippen LogP contribution >= 0.6 is 31.9 Å². The Hall–Kier alpha value is -1.54. The third-order valence-electron chi connectivity index (χ3n) is 4.18. The highest BCUT2D eigenvalue weighted by molar-refractivity contribution is 9.11. The van der Waals surface area contributed by atoms with Gasteiger partial charge in [0.05, 0.1) is 14.9 Å². The van der Waals surface area contributed by atoms with Gasteiger partial charge >= 0.3 is 5.97 Å². The zero-order valence-corrected chi connectivity index (χ0v) is 18.3. The van der Waals surface area contributed by atoms with E-state index in [0.29, 0.717) is 19.9 Å². The lowest BCUT2D eigenvalue weighted by Gasteiger charge is -2.40. The number of carboxylic acid groups (broad SMARTS) is 1. The third kappa shape index (κ3) is 3.91. The van der Waals surface area contributed by atoms with Gasteiger partial charge in [-0.2, -0.15) is 0 Å². The van der Waals surface area contributed by atoms with Crippen molar-refractivity contribution in [1.29, 1.82) is 0 Å². The molecular weight excluding hydrogens is 470 g/mol. The molecule has 0 radical (unpaired) electrons. The number of halogens is 2. The smallest absolute Gasteiger partial charge is 0.309 e. The number of hydrogen-bond acceptors (Lipinski definition) is 4. The molecule has 2 rings (SSSR count). The Morgan fingerprint density at radius 3 is 2.23 bits per heavy atom. The summed E-state index contributed by atoms with van der Waals surface area (Å²) >= 11 is 6.49. The summed E-state index contributed by atoms with van der Waals surface area (Å²) < 4.78 is 6.42. The summed E-state index contributed by atoms with van der Waals surface area (Å²) in [6, 6.07) is 3.07. The van der Waals surface area contributed by atoms with Gasteiger partial charge in [-0.15, -0.1) is 0 Å². The minimum Gasteiger partial charge on any atom is -0.506 e. The fraction of sp³-hybridized carbons (Fsp3) is 0.444. The molecule has 0 aliphatic carbocycles. The molecule has 1 aromatic carbocycles. The topological polar surface area (TPSA) is 99.8 Å². The largest absolute Gasteiger partial charge is 0.506 e. The summed E-state index contributed by atoms with van der Waals surface area (Å²) in [4.78, 5) is 24.4. The van der Waals surface area contributed by atoms with E-state index in [1.165, 1.54) is 6.07 Å². The highest BCUT2D eigenvalue weighted by Crippen LogP contribution is 2.40. The standard InChI is InChI=1S/C18H21Br2NO5/c1-17(2,3)14(16(24)25)18(4,5)21-15(23)11-6-8-10(26-11)7-9(19)13(22)12(8)20/h6-7,14,22H,1-5H3,(H,21,23)(H,24,25). The van der Waals surface area contributed by atoms with Gasteiger partial charge in [0.1, 0.15) is 11.3 Å². The van der Waals surface area contributed by atoms with Crippen molar-refractivity contribution in [3.05, 3.63) is 26.8 Å². The Labute approximate surface area is 168 Å². The number of phenolic OH excluding ortho intramolecular Hbond substituents is 1. The summed E-state index contributed by atoms with van der Waals surface area (Å²) in [6.45, 7) is 8.81. The molecule has 1 atom stereocenters. The molecule has 0 fully saturated rings. The number of carbonyl (C=O) groups is 2. The van der Waals surface area contributed by atoms with Gasteiger partial charge < -0.3 is 19.9 Å². The number of fused-ring (bicyclic) bond motifs is 1. The molecule has 26 heavy (non-hydrogen) atoms. The van der Waals surface area contributed by atoms with Crippen molar-refractivity contribution < 1.29 is 24.2 Å². The van der Waals surface area contributed by atoms with Crippen molar-refractivity contribution in [3.8, 4) is 5.75 Å². The first-order valence-electron chi connectivity index (χ1n) is 7.91. The van der Waals surface area contributed by atoms with E-state index in [4.69, 9.17) is 4.42 Å². The minimum absolute atomic E-state index is 0.00395. The number of carboxylic acids is 1. The number of amides is 1. The molecule has 1 aromatic heterocycles. The fourth-order valence-electron chi connectivity index (χ4n) is 3.40. The van der Waals surface area contributed by atoms with Crippen LogP contribution in [0.1, 0.15) is 45.2 Å². The number of benzene rings is 1. The highest BCUT2D eigenvalue weighted by atomic mass is 79.9.